The largest absolute Gasteiger partial charge is 0.493 e. The number of nitrogens with zero attached hydrogens (tertiary/aromatic N) is 3. The van der Waals surface area contributed by atoms with E-state index in [-0.39, 0.29) is 17.7 Å². The zero-order valence-corrected chi connectivity index (χ0v) is 25.0. The Labute approximate surface area is 247 Å². The maximum Gasteiger partial charge on any atom is 0.338 e. The Morgan fingerprint density at radius 3 is 2.63 bits per heavy atom. The fourth-order valence-corrected chi connectivity index (χ4v) is 6.23. The number of rotatable bonds is 7. The van der Waals surface area contributed by atoms with E-state index in [4.69, 9.17) is 18.6 Å². The molecule has 0 bridgehead atoms. The number of ether oxygens (including phenoxy) is 3. The third-order valence-corrected chi connectivity index (χ3v) is 8.20. The van der Waals surface area contributed by atoms with Gasteiger partial charge in [0, 0.05) is 16.1 Å². The number of allylic oxidation sites excluding steroid dienone is 1. The third-order valence-electron chi connectivity index (χ3n) is 6.53. The quantitative estimate of drug-likeness (QED) is 0.271. The van der Waals surface area contributed by atoms with Crippen LogP contribution >= 0.6 is 27.3 Å². The highest BCUT2D eigenvalue weighted by atomic mass is 79.9. The molecule has 2 aromatic heterocycles. The van der Waals surface area contributed by atoms with E-state index in [9.17, 15) is 14.9 Å². The lowest BCUT2D eigenvalue weighted by Gasteiger charge is -2.26. The van der Waals surface area contributed by atoms with Gasteiger partial charge in [-0.05, 0) is 55.8 Å². The van der Waals surface area contributed by atoms with Gasteiger partial charge in [0.25, 0.3) is 5.56 Å². The summed E-state index contributed by atoms with van der Waals surface area (Å²) in [6, 6.07) is 15.4. The first-order chi connectivity index (χ1) is 19.8. The van der Waals surface area contributed by atoms with E-state index < -0.39 is 12.0 Å². The van der Waals surface area contributed by atoms with Crippen molar-refractivity contribution >= 4 is 39.3 Å². The molecule has 41 heavy (non-hydrogen) atoms. The molecular weight excluding hydrogens is 610 g/mol. The topological polar surface area (TPSA) is 116 Å². The van der Waals surface area contributed by atoms with Crippen molar-refractivity contribution in [3.63, 3.8) is 0 Å². The molecule has 11 heteroatoms. The van der Waals surface area contributed by atoms with Crippen LogP contribution in [0.4, 0.5) is 0 Å². The Balaban J connectivity index is 1.69. The molecule has 1 aliphatic rings. The molecule has 4 aromatic rings. The highest BCUT2D eigenvalue weighted by molar-refractivity contribution is 9.10. The molecule has 0 amide bonds. The molecule has 0 N–H and O–H groups in total. The summed E-state index contributed by atoms with van der Waals surface area (Å²) in [6.45, 7) is 3.60. The van der Waals surface area contributed by atoms with Crippen molar-refractivity contribution in [1.82, 2.24) is 4.57 Å². The predicted molar refractivity (Wildman–Crippen MR) is 157 cm³/mol. The molecule has 5 rings (SSSR count). The summed E-state index contributed by atoms with van der Waals surface area (Å²) in [4.78, 5) is 32.2. The average Bonchev–Trinajstić information content (AvgIpc) is 3.56. The molecule has 0 unspecified atom stereocenters. The van der Waals surface area contributed by atoms with Gasteiger partial charge in [-0.3, -0.25) is 9.36 Å². The van der Waals surface area contributed by atoms with Gasteiger partial charge in [0.1, 0.15) is 11.5 Å². The van der Waals surface area contributed by atoms with E-state index in [0.29, 0.717) is 59.2 Å². The highest BCUT2D eigenvalue weighted by Gasteiger charge is 2.35. The predicted octanol–water partition coefficient (Wildman–Crippen LogP) is 4.71. The Morgan fingerprint density at radius 2 is 1.93 bits per heavy atom. The Kier molecular flexibility index (Phi) is 7.97. The molecular formula is C30H24BrN3O6S. The number of fused-ring (bicyclic) bond motifs is 1. The summed E-state index contributed by atoms with van der Waals surface area (Å²) in [5, 5.41) is 9.46. The van der Waals surface area contributed by atoms with Crippen molar-refractivity contribution in [1.29, 1.82) is 5.26 Å². The summed E-state index contributed by atoms with van der Waals surface area (Å²) in [5.74, 6) is 1.30. The van der Waals surface area contributed by atoms with Crippen LogP contribution in [0.3, 0.4) is 0 Å². The Morgan fingerprint density at radius 1 is 1.20 bits per heavy atom. The monoisotopic (exact) mass is 633 g/mol. The Bertz CT molecular complexity index is 1930. The van der Waals surface area contributed by atoms with Crippen LogP contribution in [-0.2, 0) is 9.53 Å². The molecule has 1 atom stereocenters. The van der Waals surface area contributed by atoms with Gasteiger partial charge in [-0.2, -0.15) is 5.26 Å². The normalized spacial score (nSPS) is 14.7. The second kappa shape index (κ2) is 11.6. The third kappa shape index (κ3) is 5.12. The van der Waals surface area contributed by atoms with Crippen molar-refractivity contribution in [2.75, 3.05) is 20.8 Å². The number of furan rings is 1. The van der Waals surface area contributed by atoms with Crippen LogP contribution in [0.15, 0.2) is 78.5 Å². The standard InChI is InChI=1S/C30H24BrN3O6S/c1-5-39-29(36)26-16(2)33-30-34(27(26)20-13-23(37-3)24(38-4)14-21(20)31)28(35)25(41-30)12-18-10-11-22(40-18)19-9-7-6-8-17(19)15-32/h6-14,27H,5H2,1-4H3/t27-/m0/s1. The van der Waals surface area contributed by atoms with Crippen LogP contribution in [0, 0.1) is 11.3 Å². The minimum Gasteiger partial charge on any atom is -0.493 e. The van der Waals surface area contributed by atoms with Crippen LogP contribution in [0.25, 0.3) is 17.4 Å². The molecule has 2 aromatic carbocycles. The van der Waals surface area contributed by atoms with E-state index >= 15 is 0 Å². The van der Waals surface area contributed by atoms with E-state index in [1.165, 1.54) is 30.1 Å². The number of aromatic nitrogens is 1. The Hall–Kier alpha value is -4.40. The minimum atomic E-state index is -0.851. The lowest BCUT2D eigenvalue weighted by Crippen LogP contribution is -2.40. The number of esters is 1. The number of hydrogen-bond acceptors (Lipinski definition) is 9. The smallest absolute Gasteiger partial charge is 0.338 e. The second-order valence-corrected chi connectivity index (χ2v) is 10.8. The molecule has 1 aliphatic heterocycles. The number of benzene rings is 2. The molecule has 0 radical (unpaired) electrons. The van der Waals surface area contributed by atoms with Crippen molar-refractivity contribution in [3.05, 3.63) is 101 Å². The van der Waals surface area contributed by atoms with Gasteiger partial charge in [-0.25, -0.2) is 9.79 Å². The summed E-state index contributed by atoms with van der Waals surface area (Å²) in [7, 11) is 3.04. The lowest BCUT2D eigenvalue weighted by molar-refractivity contribution is -0.139. The van der Waals surface area contributed by atoms with Crippen molar-refractivity contribution in [3.8, 4) is 28.9 Å². The van der Waals surface area contributed by atoms with E-state index in [0.717, 1.165) is 0 Å². The number of thiazole rings is 1. The van der Waals surface area contributed by atoms with Gasteiger partial charge in [-0.1, -0.05) is 39.4 Å². The van der Waals surface area contributed by atoms with Gasteiger partial charge in [0.05, 0.1) is 54.3 Å². The van der Waals surface area contributed by atoms with Crippen LogP contribution in [0.1, 0.15) is 36.8 Å². The zero-order valence-electron chi connectivity index (χ0n) is 22.6. The molecule has 9 nitrogen and oxygen atoms in total. The summed E-state index contributed by atoms with van der Waals surface area (Å²) >= 11 is 4.78. The van der Waals surface area contributed by atoms with E-state index in [2.05, 4.69) is 27.0 Å². The van der Waals surface area contributed by atoms with Gasteiger partial charge in [-0.15, -0.1) is 0 Å². The van der Waals surface area contributed by atoms with Crippen LogP contribution < -0.4 is 24.4 Å². The van der Waals surface area contributed by atoms with Crippen molar-refractivity contribution in [2.24, 2.45) is 4.99 Å². The summed E-state index contributed by atoms with van der Waals surface area (Å²) in [5.41, 5.74) is 2.06. The maximum atomic E-state index is 14.0. The van der Waals surface area contributed by atoms with E-state index in [1.807, 2.05) is 6.07 Å². The van der Waals surface area contributed by atoms with Crippen LogP contribution in [0.5, 0.6) is 11.5 Å². The van der Waals surface area contributed by atoms with E-state index in [1.54, 1.807) is 62.4 Å². The second-order valence-electron chi connectivity index (χ2n) is 8.89. The molecule has 0 spiro atoms. The van der Waals surface area contributed by atoms with Gasteiger partial charge < -0.3 is 18.6 Å². The first-order valence-corrected chi connectivity index (χ1v) is 14.1. The first kappa shape index (κ1) is 28.1. The zero-order chi connectivity index (χ0) is 29.3. The number of carbonyl (C=O) groups is 1. The number of carbonyl (C=O) groups excluding carboxylic acids is 1. The minimum absolute atomic E-state index is 0.162. The van der Waals surface area contributed by atoms with Crippen molar-refractivity contribution in [2.45, 2.75) is 19.9 Å². The molecule has 0 saturated heterocycles. The molecule has 0 saturated carbocycles. The fourth-order valence-electron chi connectivity index (χ4n) is 4.67. The van der Waals surface area contributed by atoms with Crippen molar-refractivity contribution < 1.29 is 23.4 Å². The molecule has 3 heterocycles. The SMILES string of the molecule is CCOC(=O)C1=C(C)N=c2sc(=Cc3ccc(-c4ccccc4C#N)o3)c(=O)n2[C@H]1c1cc(OC)c(OC)cc1Br. The highest BCUT2D eigenvalue weighted by Crippen LogP contribution is 2.40. The van der Waals surface area contributed by atoms with Gasteiger partial charge >= 0.3 is 5.97 Å². The fraction of sp³-hybridized carbons (Fsp3) is 0.200. The molecule has 208 valence electrons. The number of nitriles is 1. The molecule has 0 fully saturated rings. The molecule has 0 aliphatic carbocycles. The van der Waals surface area contributed by atoms with Crippen LogP contribution in [-0.4, -0.2) is 31.4 Å². The van der Waals surface area contributed by atoms with Gasteiger partial charge in [0.15, 0.2) is 16.3 Å². The summed E-state index contributed by atoms with van der Waals surface area (Å²) in [6.07, 6.45) is 1.63. The lowest BCUT2D eigenvalue weighted by atomic mass is 9.95. The number of halogens is 1. The summed E-state index contributed by atoms with van der Waals surface area (Å²) < 4.78 is 24.8. The number of hydrogen-bond donors (Lipinski definition) is 0. The van der Waals surface area contributed by atoms with Gasteiger partial charge in [0.2, 0.25) is 0 Å². The first-order valence-electron chi connectivity index (χ1n) is 12.5. The van der Waals surface area contributed by atoms with Crippen LogP contribution in [0.2, 0.25) is 0 Å². The average molecular weight is 635 g/mol. The maximum absolute atomic E-state index is 14.0. The number of methoxy groups -OCH3 is 2.